The average molecular weight is 305 g/mol. The summed E-state index contributed by atoms with van der Waals surface area (Å²) in [5, 5.41) is 0. The van der Waals surface area contributed by atoms with Gasteiger partial charge < -0.3 is 9.15 Å². The molecule has 4 nitrogen and oxygen atoms in total. The van der Waals surface area contributed by atoms with Crippen molar-refractivity contribution in [3.63, 3.8) is 0 Å². The van der Waals surface area contributed by atoms with Gasteiger partial charge in [0.05, 0.1) is 6.54 Å². The van der Waals surface area contributed by atoms with E-state index < -0.39 is 18.7 Å². The second-order valence-electron chi connectivity index (χ2n) is 5.32. The minimum Gasteiger partial charge on any atom is -0.466 e. The summed E-state index contributed by atoms with van der Waals surface area (Å²) in [5.74, 6) is 0.644. The minimum atomic E-state index is -4.19. The second-order valence-corrected chi connectivity index (χ2v) is 5.32. The van der Waals surface area contributed by atoms with E-state index in [9.17, 15) is 18.0 Å². The monoisotopic (exact) mass is 305 g/mol. The van der Waals surface area contributed by atoms with Gasteiger partial charge in [0.15, 0.2) is 0 Å². The van der Waals surface area contributed by atoms with Crippen molar-refractivity contribution < 1.29 is 27.1 Å². The molecule has 7 heteroatoms. The Hall–Kier alpha value is -1.50. The Balaban J connectivity index is 1.83. The minimum absolute atomic E-state index is 0.279. The smallest absolute Gasteiger partial charge is 0.401 e. The molecule has 0 N–H and O–H groups in total. The van der Waals surface area contributed by atoms with Gasteiger partial charge in [-0.3, -0.25) is 4.90 Å². The maximum atomic E-state index is 12.3. The van der Waals surface area contributed by atoms with Crippen molar-refractivity contribution in [2.45, 2.75) is 39.0 Å². The molecule has 0 unspecified atom stereocenters. The molecular weight excluding hydrogens is 287 g/mol. The van der Waals surface area contributed by atoms with Crippen molar-refractivity contribution in [3.8, 4) is 0 Å². The van der Waals surface area contributed by atoms with Crippen molar-refractivity contribution in [2.75, 3.05) is 19.6 Å². The zero-order chi connectivity index (χ0) is 15.6. The Morgan fingerprint density at radius 3 is 2.48 bits per heavy atom. The molecule has 0 aromatic carbocycles. The Bertz CT molecular complexity index is 502. The first-order chi connectivity index (χ1) is 9.74. The molecule has 1 fully saturated rings. The number of hydrogen-bond acceptors (Lipinski definition) is 4. The highest BCUT2D eigenvalue weighted by atomic mass is 19.4. The SMILES string of the molecule is Cc1cc(C(=O)OC2CCN(CC(F)(F)F)CC2)c(C)o1. The summed E-state index contributed by atoms with van der Waals surface area (Å²) >= 11 is 0. The van der Waals surface area contributed by atoms with Crippen LogP contribution in [0.15, 0.2) is 10.5 Å². The molecule has 1 aliphatic rings. The van der Waals surface area contributed by atoms with Crippen LogP contribution in [0.5, 0.6) is 0 Å². The predicted molar refractivity (Wildman–Crippen MR) is 69.1 cm³/mol. The number of esters is 1. The van der Waals surface area contributed by atoms with Gasteiger partial charge in [0.1, 0.15) is 23.2 Å². The Morgan fingerprint density at radius 1 is 1.38 bits per heavy atom. The molecular formula is C14H18F3NO3. The fourth-order valence-corrected chi connectivity index (χ4v) is 2.49. The zero-order valence-electron chi connectivity index (χ0n) is 12.0. The van der Waals surface area contributed by atoms with E-state index in [1.807, 2.05) is 0 Å². The highest BCUT2D eigenvalue weighted by molar-refractivity contribution is 5.90. The number of ether oxygens (including phenoxy) is 1. The van der Waals surface area contributed by atoms with Crippen LogP contribution < -0.4 is 0 Å². The Morgan fingerprint density at radius 2 is 2.00 bits per heavy atom. The molecule has 0 bridgehead atoms. The summed E-state index contributed by atoms with van der Waals surface area (Å²) in [5.41, 5.74) is 0.380. The van der Waals surface area contributed by atoms with Gasteiger partial charge in [0.25, 0.3) is 0 Å². The molecule has 0 spiro atoms. The highest BCUT2D eigenvalue weighted by Gasteiger charge is 2.33. The van der Waals surface area contributed by atoms with Crippen LogP contribution in [0.4, 0.5) is 13.2 Å². The van der Waals surface area contributed by atoms with E-state index in [1.165, 1.54) is 4.90 Å². The summed E-state index contributed by atoms with van der Waals surface area (Å²) in [7, 11) is 0. The maximum Gasteiger partial charge on any atom is 0.401 e. The van der Waals surface area contributed by atoms with Gasteiger partial charge in [-0.05, 0) is 32.8 Å². The summed E-state index contributed by atoms with van der Waals surface area (Å²) in [6.07, 6.45) is -3.69. The maximum absolute atomic E-state index is 12.3. The van der Waals surface area contributed by atoms with E-state index in [0.29, 0.717) is 29.9 Å². The van der Waals surface area contributed by atoms with Crippen LogP contribution in [0.3, 0.4) is 0 Å². The van der Waals surface area contributed by atoms with Crippen LogP contribution in [-0.2, 0) is 4.74 Å². The van der Waals surface area contributed by atoms with E-state index in [0.717, 1.165) is 0 Å². The number of likely N-dealkylation sites (tertiary alicyclic amines) is 1. The molecule has 0 saturated carbocycles. The lowest BCUT2D eigenvalue weighted by molar-refractivity contribution is -0.150. The first-order valence-corrected chi connectivity index (χ1v) is 6.82. The third-order valence-corrected chi connectivity index (χ3v) is 3.47. The van der Waals surface area contributed by atoms with Crippen molar-refractivity contribution in [1.82, 2.24) is 4.90 Å². The Kier molecular flexibility index (Phi) is 4.61. The van der Waals surface area contributed by atoms with Gasteiger partial charge in [-0.2, -0.15) is 13.2 Å². The lowest BCUT2D eigenvalue weighted by Gasteiger charge is -2.31. The summed E-state index contributed by atoms with van der Waals surface area (Å²) < 4.78 is 47.4. The number of alkyl halides is 3. The molecule has 1 aromatic heterocycles. The first kappa shape index (κ1) is 15.9. The number of aryl methyl sites for hydroxylation is 2. The average Bonchev–Trinajstić information content (AvgIpc) is 2.69. The predicted octanol–water partition coefficient (Wildman–Crippen LogP) is 3.08. The molecule has 1 aromatic rings. The van der Waals surface area contributed by atoms with Gasteiger partial charge in [-0.1, -0.05) is 0 Å². The molecule has 2 rings (SSSR count). The van der Waals surface area contributed by atoms with Crippen molar-refractivity contribution >= 4 is 5.97 Å². The quantitative estimate of drug-likeness (QED) is 0.805. The molecule has 2 heterocycles. The molecule has 0 atom stereocenters. The van der Waals surface area contributed by atoms with E-state index >= 15 is 0 Å². The normalized spacial score (nSPS) is 18.0. The van der Waals surface area contributed by atoms with E-state index in [-0.39, 0.29) is 19.2 Å². The van der Waals surface area contributed by atoms with Crippen molar-refractivity contribution in [1.29, 1.82) is 0 Å². The summed E-state index contributed by atoms with van der Waals surface area (Å²) in [4.78, 5) is 13.3. The van der Waals surface area contributed by atoms with Gasteiger partial charge in [-0.25, -0.2) is 4.79 Å². The van der Waals surface area contributed by atoms with Crippen LogP contribution in [0, 0.1) is 13.8 Å². The molecule has 0 radical (unpaired) electrons. The molecule has 21 heavy (non-hydrogen) atoms. The standard InChI is InChI=1S/C14H18F3NO3/c1-9-7-12(10(2)20-9)13(19)21-11-3-5-18(6-4-11)8-14(15,16)17/h7,11H,3-6,8H2,1-2H3. The molecule has 1 aliphatic heterocycles. The Labute approximate surface area is 120 Å². The van der Waals surface area contributed by atoms with Crippen molar-refractivity contribution in [3.05, 3.63) is 23.2 Å². The number of furan rings is 1. The van der Waals surface area contributed by atoms with E-state index in [1.54, 1.807) is 19.9 Å². The third-order valence-electron chi connectivity index (χ3n) is 3.47. The van der Waals surface area contributed by atoms with E-state index in [2.05, 4.69) is 0 Å². The molecule has 118 valence electrons. The lowest BCUT2D eigenvalue weighted by Crippen LogP contribution is -2.42. The third kappa shape index (κ3) is 4.49. The molecule has 1 saturated heterocycles. The van der Waals surface area contributed by atoms with Crippen LogP contribution in [0.1, 0.15) is 34.7 Å². The number of nitrogens with zero attached hydrogens (tertiary/aromatic N) is 1. The summed E-state index contributed by atoms with van der Waals surface area (Å²) in [6.45, 7) is 3.06. The van der Waals surface area contributed by atoms with Gasteiger partial charge >= 0.3 is 12.1 Å². The highest BCUT2D eigenvalue weighted by Crippen LogP contribution is 2.22. The number of hydrogen-bond donors (Lipinski definition) is 0. The van der Waals surface area contributed by atoms with Gasteiger partial charge in [-0.15, -0.1) is 0 Å². The number of rotatable bonds is 3. The van der Waals surface area contributed by atoms with Crippen molar-refractivity contribution in [2.24, 2.45) is 0 Å². The van der Waals surface area contributed by atoms with Crippen LogP contribution in [-0.4, -0.2) is 42.8 Å². The number of carbonyl (C=O) groups is 1. The van der Waals surface area contributed by atoms with Crippen LogP contribution >= 0.6 is 0 Å². The summed E-state index contributed by atoms with van der Waals surface area (Å²) in [6, 6.07) is 1.61. The van der Waals surface area contributed by atoms with Crippen LogP contribution in [0.25, 0.3) is 0 Å². The fraction of sp³-hybridized carbons (Fsp3) is 0.643. The largest absolute Gasteiger partial charge is 0.466 e. The fourth-order valence-electron chi connectivity index (χ4n) is 2.49. The lowest BCUT2D eigenvalue weighted by atomic mass is 10.1. The zero-order valence-corrected chi connectivity index (χ0v) is 12.0. The number of carbonyl (C=O) groups excluding carboxylic acids is 1. The van der Waals surface area contributed by atoms with Crippen LogP contribution in [0.2, 0.25) is 0 Å². The molecule has 0 amide bonds. The molecule has 0 aliphatic carbocycles. The second kappa shape index (κ2) is 6.09. The van der Waals surface area contributed by atoms with Gasteiger partial charge in [0, 0.05) is 13.1 Å². The first-order valence-electron chi connectivity index (χ1n) is 6.82. The number of piperidine rings is 1. The van der Waals surface area contributed by atoms with Gasteiger partial charge in [0.2, 0.25) is 0 Å². The number of halogens is 3. The topological polar surface area (TPSA) is 42.7 Å². The van der Waals surface area contributed by atoms with E-state index in [4.69, 9.17) is 9.15 Å².